The van der Waals surface area contributed by atoms with Crippen LogP contribution < -0.4 is 15.5 Å². The van der Waals surface area contributed by atoms with Crippen LogP contribution in [0.5, 0.6) is 0 Å². The second-order valence-electron chi connectivity index (χ2n) is 15.1. The Hall–Kier alpha value is -5.53. The molecule has 1 heterocycles. The van der Waals surface area contributed by atoms with Crippen molar-refractivity contribution in [2.75, 3.05) is 48.9 Å². The molecule has 4 aromatic carbocycles. The summed E-state index contributed by atoms with van der Waals surface area (Å²) in [5.41, 5.74) is 4.85. The highest BCUT2D eigenvalue weighted by atomic mass is 32.2. The van der Waals surface area contributed by atoms with Gasteiger partial charge in [0.25, 0.3) is 11.8 Å². The second kappa shape index (κ2) is 20.0. The number of piperidine rings is 1. The first-order valence-electron chi connectivity index (χ1n) is 20.6. The molecule has 2 fully saturated rings. The van der Waals surface area contributed by atoms with E-state index in [1.807, 2.05) is 42.5 Å². The topological polar surface area (TPSA) is 151 Å². The van der Waals surface area contributed by atoms with Gasteiger partial charge < -0.3 is 25.0 Å². The standard InChI is InChI=1S/C46H54N4O8S/c1-4-50(38-24-20-35(21-25-38)46(54)58-5-2)59(55,56)40-11-9-10-36(30-40)43(51)48-42-27-26-39(49-28-7-6-8-29-49)31-41(42)44(52)47-37-22-16-33(17-23-37)13-12-32-14-18-34(19-15-32)45(53)57-3/h9-11,14-19,22-23,26-27,30-31,35,38H,4-8,12-13,20-21,24-25,28-29H2,1-3H3,(H,47,52)(H,48,51). The molecule has 312 valence electrons. The lowest BCUT2D eigenvalue weighted by molar-refractivity contribution is -0.149. The van der Waals surface area contributed by atoms with Crippen molar-refractivity contribution in [2.24, 2.45) is 5.92 Å². The van der Waals surface area contributed by atoms with Gasteiger partial charge >= 0.3 is 11.9 Å². The molecule has 12 nitrogen and oxygen atoms in total. The van der Waals surface area contributed by atoms with Gasteiger partial charge in [0.05, 0.1) is 41.3 Å². The first kappa shape index (κ1) is 43.1. The molecule has 0 spiro atoms. The van der Waals surface area contributed by atoms with E-state index in [1.54, 1.807) is 50.2 Å². The quantitative estimate of drug-likeness (QED) is 0.114. The van der Waals surface area contributed by atoms with Crippen LogP contribution in [-0.2, 0) is 37.1 Å². The number of methoxy groups -OCH3 is 1. The van der Waals surface area contributed by atoms with Crippen LogP contribution in [0.4, 0.5) is 17.1 Å². The van der Waals surface area contributed by atoms with Gasteiger partial charge in [0.1, 0.15) is 0 Å². The van der Waals surface area contributed by atoms with E-state index in [0.717, 1.165) is 62.0 Å². The van der Waals surface area contributed by atoms with Crippen molar-refractivity contribution in [1.29, 1.82) is 0 Å². The summed E-state index contributed by atoms with van der Waals surface area (Å²) in [5, 5.41) is 5.89. The Bertz CT molecular complexity index is 2210. The van der Waals surface area contributed by atoms with E-state index in [2.05, 4.69) is 15.5 Å². The van der Waals surface area contributed by atoms with E-state index >= 15 is 0 Å². The maximum atomic E-state index is 14.0. The van der Waals surface area contributed by atoms with Crippen LogP contribution in [0.2, 0.25) is 0 Å². The molecule has 1 saturated carbocycles. The van der Waals surface area contributed by atoms with Gasteiger partial charge in [-0.2, -0.15) is 4.31 Å². The van der Waals surface area contributed by atoms with Crippen molar-refractivity contribution >= 4 is 50.8 Å². The van der Waals surface area contributed by atoms with E-state index in [9.17, 15) is 27.6 Å². The molecule has 2 amide bonds. The zero-order valence-electron chi connectivity index (χ0n) is 34.1. The number of esters is 2. The number of hydrogen-bond acceptors (Lipinski definition) is 9. The van der Waals surface area contributed by atoms with E-state index in [4.69, 9.17) is 9.47 Å². The summed E-state index contributed by atoms with van der Waals surface area (Å²) in [6, 6.07) is 26.0. The van der Waals surface area contributed by atoms with Gasteiger partial charge in [0.2, 0.25) is 10.0 Å². The van der Waals surface area contributed by atoms with Crippen LogP contribution in [0.3, 0.4) is 0 Å². The molecule has 1 saturated heterocycles. The molecule has 6 rings (SSSR count). The number of ether oxygens (including phenoxy) is 2. The molecule has 2 N–H and O–H groups in total. The lowest BCUT2D eigenvalue weighted by atomic mass is 9.86. The first-order valence-corrected chi connectivity index (χ1v) is 22.0. The minimum absolute atomic E-state index is 0.00199. The van der Waals surface area contributed by atoms with Gasteiger partial charge in [-0.25, -0.2) is 13.2 Å². The Morgan fingerprint density at radius 3 is 2.03 bits per heavy atom. The average molecular weight is 823 g/mol. The number of nitrogens with zero attached hydrogens (tertiary/aromatic N) is 2. The molecule has 2 aliphatic rings. The maximum Gasteiger partial charge on any atom is 0.337 e. The van der Waals surface area contributed by atoms with Crippen LogP contribution >= 0.6 is 0 Å². The predicted octanol–water partition coefficient (Wildman–Crippen LogP) is 7.89. The second-order valence-corrected chi connectivity index (χ2v) is 17.0. The Morgan fingerprint density at radius 2 is 1.41 bits per heavy atom. The van der Waals surface area contributed by atoms with Gasteiger partial charge in [0, 0.05) is 42.6 Å². The number of sulfonamides is 1. The minimum atomic E-state index is -3.98. The van der Waals surface area contributed by atoms with Crippen LogP contribution in [0.1, 0.15) is 101 Å². The number of nitrogens with one attached hydrogen (secondary N) is 2. The Morgan fingerprint density at radius 1 is 0.746 bits per heavy atom. The van der Waals surface area contributed by atoms with Crippen LogP contribution in [0, 0.1) is 5.92 Å². The molecule has 0 unspecified atom stereocenters. The lowest BCUT2D eigenvalue weighted by Crippen LogP contribution is -2.43. The predicted molar refractivity (Wildman–Crippen MR) is 228 cm³/mol. The van der Waals surface area contributed by atoms with E-state index in [-0.39, 0.29) is 46.5 Å². The third kappa shape index (κ3) is 10.8. The minimum Gasteiger partial charge on any atom is -0.466 e. The molecule has 0 radical (unpaired) electrons. The van der Waals surface area contributed by atoms with Gasteiger partial charge in [0.15, 0.2) is 0 Å². The molecular formula is C46H54N4O8S. The Balaban J connectivity index is 1.16. The number of hydrogen-bond donors (Lipinski definition) is 2. The van der Waals surface area contributed by atoms with Crippen molar-refractivity contribution < 1.29 is 37.1 Å². The summed E-state index contributed by atoms with van der Waals surface area (Å²) in [6.45, 7) is 5.85. The fourth-order valence-electron chi connectivity index (χ4n) is 7.96. The Kier molecular flexibility index (Phi) is 14.6. The van der Waals surface area contributed by atoms with E-state index in [0.29, 0.717) is 49.2 Å². The highest BCUT2D eigenvalue weighted by molar-refractivity contribution is 7.89. The van der Waals surface area contributed by atoms with Crippen LogP contribution in [0.15, 0.2) is 95.9 Å². The SMILES string of the molecule is CCOC(=O)C1CCC(N(CC)S(=O)(=O)c2cccc(C(=O)Nc3ccc(N4CCCCC4)cc3C(=O)Nc3ccc(CCc4ccc(C(=O)OC)cc4)cc3)c2)CC1. The van der Waals surface area contributed by atoms with E-state index < -0.39 is 21.8 Å². The molecule has 59 heavy (non-hydrogen) atoms. The van der Waals surface area contributed by atoms with E-state index in [1.165, 1.54) is 23.5 Å². The number of carbonyl (C=O) groups excluding carboxylic acids is 4. The van der Waals surface area contributed by atoms with Crippen LogP contribution in [-0.4, -0.2) is 75.9 Å². The summed E-state index contributed by atoms with van der Waals surface area (Å²) in [6.07, 6.45) is 6.95. The van der Waals surface area contributed by atoms with Gasteiger partial charge in [-0.05, 0) is 137 Å². The molecule has 0 aromatic heterocycles. The normalized spacial score (nSPS) is 16.9. The molecule has 13 heteroatoms. The fraction of sp³-hybridized carbons (Fsp3) is 0.391. The highest BCUT2D eigenvalue weighted by Gasteiger charge is 2.36. The lowest BCUT2D eigenvalue weighted by Gasteiger charge is -2.35. The smallest absolute Gasteiger partial charge is 0.337 e. The summed E-state index contributed by atoms with van der Waals surface area (Å²) < 4.78 is 39.5. The first-order chi connectivity index (χ1) is 28.5. The molecule has 4 aromatic rings. The highest BCUT2D eigenvalue weighted by Crippen LogP contribution is 2.32. The average Bonchev–Trinajstić information content (AvgIpc) is 3.27. The molecule has 1 aliphatic heterocycles. The number of carbonyl (C=O) groups is 4. The summed E-state index contributed by atoms with van der Waals surface area (Å²) in [5.74, 6) is -1.79. The summed E-state index contributed by atoms with van der Waals surface area (Å²) >= 11 is 0. The Labute approximate surface area is 347 Å². The van der Waals surface area contributed by atoms with Crippen molar-refractivity contribution in [2.45, 2.75) is 82.6 Å². The summed E-state index contributed by atoms with van der Waals surface area (Å²) in [7, 11) is -2.62. The largest absolute Gasteiger partial charge is 0.466 e. The van der Waals surface area contributed by atoms with Crippen molar-refractivity contribution in [1.82, 2.24) is 4.31 Å². The zero-order valence-corrected chi connectivity index (χ0v) is 34.9. The summed E-state index contributed by atoms with van der Waals surface area (Å²) in [4.78, 5) is 54.1. The number of anilines is 3. The van der Waals surface area contributed by atoms with Crippen molar-refractivity contribution in [3.05, 3.63) is 119 Å². The van der Waals surface area contributed by atoms with Crippen molar-refractivity contribution in [3.63, 3.8) is 0 Å². The van der Waals surface area contributed by atoms with Crippen LogP contribution in [0.25, 0.3) is 0 Å². The molecule has 1 aliphatic carbocycles. The third-order valence-corrected chi connectivity index (χ3v) is 13.3. The number of amides is 2. The molecule has 0 bridgehead atoms. The number of aryl methyl sites for hydroxylation is 2. The van der Waals surface area contributed by atoms with Gasteiger partial charge in [-0.15, -0.1) is 0 Å². The van der Waals surface area contributed by atoms with Crippen molar-refractivity contribution in [3.8, 4) is 0 Å². The fourth-order valence-corrected chi connectivity index (χ4v) is 9.70. The monoisotopic (exact) mass is 822 g/mol. The van der Waals surface area contributed by atoms with Gasteiger partial charge in [-0.1, -0.05) is 37.3 Å². The molecule has 0 atom stereocenters. The number of benzene rings is 4. The number of rotatable bonds is 15. The zero-order chi connectivity index (χ0) is 41.9. The molecular weight excluding hydrogens is 769 g/mol. The van der Waals surface area contributed by atoms with Gasteiger partial charge in [-0.3, -0.25) is 14.4 Å². The third-order valence-electron chi connectivity index (χ3n) is 11.2. The maximum absolute atomic E-state index is 14.0.